The third-order valence-corrected chi connectivity index (χ3v) is 4.45. The van der Waals surface area contributed by atoms with Crippen LogP contribution in [0.2, 0.25) is 5.02 Å². The maximum Gasteiger partial charge on any atom is 0.261 e. The zero-order chi connectivity index (χ0) is 14.8. The number of halogens is 1. The van der Waals surface area contributed by atoms with Crippen molar-refractivity contribution in [2.75, 3.05) is 13.1 Å². The van der Waals surface area contributed by atoms with Gasteiger partial charge in [0.25, 0.3) is 5.91 Å². The minimum absolute atomic E-state index is 0.0717. The number of benzene rings is 1. The van der Waals surface area contributed by atoms with Crippen molar-refractivity contribution >= 4 is 17.5 Å². The third kappa shape index (κ3) is 3.69. The number of carbonyl (C=O) groups is 1. The molecule has 0 bridgehead atoms. The summed E-state index contributed by atoms with van der Waals surface area (Å²) in [5.74, 6) is 0.477. The molecule has 1 aliphatic heterocycles. The molecule has 1 saturated carbocycles. The first kappa shape index (κ1) is 14.7. The summed E-state index contributed by atoms with van der Waals surface area (Å²) in [6, 6.07) is 8.23. The molecule has 1 aromatic carbocycles. The standard InChI is InChI=1S/C16H21ClN2O2/c1-11(21-15-5-3-2-4-14(15)17)16(20)18-12-8-9-19(10-12)13-6-7-13/h2-5,11-13H,6-10H2,1H3,(H,18,20)/t11-,12-/m0/s1. The lowest BCUT2D eigenvalue weighted by molar-refractivity contribution is -0.127. The van der Waals surface area contributed by atoms with Gasteiger partial charge in [-0.15, -0.1) is 0 Å². The van der Waals surface area contributed by atoms with Gasteiger partial charge in [0.2, 0.25) is 0 Å². The molecule has 1 aromatic rings. The van der Waals surface area contributed by atoms with Crippen LogP contribution in [0, 0.1) is 0 Å². The average Bonchev–Trinajstić information content (AvgIpc) is 3.22. The van der Waals surface area contributed by atoms with Crippen molar-refractivity contribution in [3.63, 3.8) is 0 Å². The lowest BCUT2D eigenvalue weighted by atomic mass is 10.2. The van der Waals surface area contributed by atoms with Gasteiger partial charge in [0.1, 0.15) is 5.75 Å². The summed E-state index contributed by atoms with van der Waals surface area (Å²) in [4.78, 5) is 14.7. The second kappa shape index (κ2) is 6.24. The molecule has 2 fully saturated rings. The predicted molar refractivity (Wildman–Crippen MR) is 82.7 cm³/mol. The van der Waals surface area contributed by atoms with Crippen LogP contribution in [0.5, 0.6) is 5.75 Å². The SMILES string of the molecule is C[C@H](Oc1ccccc1Cl)C(=O)N[C@H]1CCN(C2CC2)C1. The van der Waals surface area contributed by atoms with Gasteiger partial charge in [0, 0.05) is 25.2 Å². The molecular formula is C16H21ClN2O2. The van der Waals surface area contributed by atoms with Crippen LogP contribution in [-0.4, -0.2) is 42.1 Å². The molecule has 2 aliphatic rings. The van der Waals surface area contributed by atoms with Crippen molar-refractivity contribution in [3.05, 3.63) is 29.3 Å². The zero-order valence-electron chi connectivity index (χ0n) is 12.2. The van der Waals surface area contributed by atoms with Gasteiger partial charge in [0.05, 0.1) is 5.02 Å². The van der Waals surface area contributed by atoms with Gasteiger partial charge in [-0.1, -0.05) is 23.7 Å². The van der Waals surface area contributed by atoms with E-state index in [0.29, 0.717) is 10.8 Å². The number of nitrogens with one attached hydrogen (secondary N) is 1. The first-order valence-electron chi connectivity index (χ1n) is 7.59. The van der Waals surface area contributed by atoms with Gasteiger partial charge in [0.15, 0.2) is 6.10 Å². The van der Waals surface area contributed by atoms with Crippen LogP contribution in [-0.2, 0) is 4.79 Å². The highest BCUT2D eigenvalue weighted by Crippen LogP contribution is 2.30. The Balaban J connectivity index is 1.49. The Hall–Kier alpha value is -1.26. The number of ether oxygens (including phenoxy) is 1. The molecule has 2 atom stereocenters. The number of likely N-dealkylation sites (tertiary alicyclic amines) is 1. The quantitative estimate of drug-likeness (QED) is 0.908. The smallest absolute Gasteiger partial charge is 0.261 e. The van der Waals surface area contributed by atoms with Crippen molar-refractivity contribution in [1.82, 2.24) is 10.2 Å². The summed E-state index contributed by atoms with van der Waals surface area (Å²) in [7, 11) is 0. The van der Waals surface area contributed by atoms with Crippen LogP contribution in [0.25, 0.3) is 0 Å². The van der Waals surface area contributed by atoms with E-state index in [2.05, 4.69) is 10.2 Å². The Morgan fingerprint density at radius 3 is 2.86 bits per heavy atom. The Bertz CT molecular complexity index is 519. The zero-order valence-corrected chi connectivity index (χ0v) is 13.0. The summed E-state index contributed by atoms with van der Waals surface area (Å²) in [5.41, 5.74) is 0. The molecule has 1 N–H and O–H groups in total. The van der Waals surface area contributed by atoms with E-state index >= 15 is 0 Å². The topological polar surface area (TPSA) is 41.6 Å². The van der Waals surface area contributed by atoms with Crippen LogP contribution < -0.4 is 10.1 Å². The minimum atomic E-state index is -0.542. The molecular weight excluding hydrogens is 288 g/mol. The second-order valence-electron chi connectivity index (χ2n) is 5.91. The summed E-state index contributed by atoms with van der Waals surface area (Å²) in [6.45, 7) is 3.82. The molecule has 0 aromatic heterocycles. The van der Waals surface area contributed by atoms with E-state index in [9.17, 15) is 4.79 Å². The van der Waals surface area contributed by atoms with Crippen molar-refractivity contribution in [3.8, 4) is 5.75 Å². The van der Waals surface area contributed by atoms with Crippen LogP contribution in [0.3, 0.4) is 0 Å². The summed E-state index contributed by atoms with van der Waals surface area (Å²) < 4.78 is 5.65. The van der Waals surface area contributed by atoms with Crippen LogP contribution in [0.15, 0.2) is 24.3 Å². The molecule has 114 valence electrons. The summed E-state index contributed by atoms with van der Waals surface area (Å²) >= 11 is 6.04. The van der Waals surface area contributed by atoms with E-state index < -0.39 is 6.10 Å². The highest BCUT2D eigenvalue weighted by Gasteiger charge is 2.35. The predicted octanol–water partition coefficient (Wildman–Crippen LogP) is 2.46. The van der Waals surface area contributed by atoms with Crippen molar-refractivity contribution in [2.24, 2.45) is 0 Å². The monoisotopic (exact) mass is 308 g/mol. The second-order valence-corrected chi connectivity index (χ2v) is 6.32. The van der Waals surface area contributed by atoms with Gasteiger partial charge in [-0.2, -0.15) is 0 Å². The van der Waals surface area contributed by atoms with E-state index in [1.807, 2.05) is 12.1 Å². The maximum atomic E-state index is 12.2. The fourth-order valence-electron chi connectivity index (χ4n) is 2.78. The molecule has 1 amide bonds. The Morgan fingerprint density at radius 1 is 1.38 bits per heavy atom. The Labute approximate surface area is 130 Å². The average molecular weight is 309 g/mol. The number of hydrogen-bond donors (Lipinski definition) is 1. The number of amides is 1. The van der Waals surface area contributed by atoms with Crippen molar-refractivity contribution in [2.45, 2.75) is 44.4 Å². The van der Waals surface area contributed by atoms with E-state index in [1.165, 1.54) is 12.8 Å². The number of carbonyl (C=O) groups excluding carboxylic acids is 1. The number of para-hydroxylation sites is 1. The van der Waals surface area contributed by atoms with Crippen LogP contribution in [0.4, 0.5) is 0 Å². The molecule has 0 unspecified atom stereocenters. The first-order chi connectivity index (χ1) is 10.1. The molecule has 1 heterocycles. The van der Waals surface area contributed by atoms with Gasteiger partial charge in [-0.05, 0) is 38.3 Å². The molecule has 0 radical (unpaired) electrons. The molecule has 3 rings (SSSR count). The largest absolute Gasteiger partial charge is 0.479 e. The Kier molecular flexibility index (Phi) is 4.36. The summed E-state index contributed by atoms with van der Waals surface area (Å²) in [5, 5.41) is 3.61. The molecule has 0 spiro atoms. The van der Waals surface area contributed by atoms with Gasteiger partial charge in [-0.3, -0.25) is 9.69 Å². The van der Waals surface area contributed by atoms with Crippen LogP contribution >= 0.6 is 11.6 Å². The number of rotatable bonds is 5. The maximum absolute atomic E-state index is 12.2. The normalized spacial score (nSPS) is 23.8. The fourth-order valence-corrected chi connectivity index (χ4v) is 2.96. The molecule has 5 heteroatoms. The lowest BCUT2D eigenvalue weighted by Crippen LogP contribution is -2.43. The van der Waals surface area contributed by atoms with Gasteiger partial charge in [-0.25, -0.2) is 0 Å². The molecule has 1 aliphatic carbocycles. The van der Waals surface area contributed by atoms with E-state index in [1.54, 1.807) is 19.1 Å². The van der Waals surface area contributed by atoms with Crippen molar-refractivity contribution < 1.29 is 9.53 Å². The number of hydrogen-bond acceptors (Lipinski definition) is 3. The number of nitrogens with zero attached hydrogens (tertiary/aromatic N) is 1. The minimum Gasteiger partial charge on any atom is -0.479 e. The highest BCUT2D eigenvalue weighted by atomic mass is 35.5. The molecule has 1 saturated heterocycles. The van der Waals surface area contributed by atoms with E-state index in [4.69, 9.17) is 16.3 Å². The first-order valence-corrected chi connectivity index (χ1v) is 7.97. The lowest BCUT2D eigenvalue weighted by Gasteiger charge is -2.19. The molecule has 4 nitrogen and oxygen atoms in total. The summed E-state index contributed by atoms with van der Waals surface area (Å²) in [6.07, 6.45) is 3.11. The fraction of sp³-hybridized carbons (Fsp3) is 0.562. The Morgan fingerprint density at radius 2 is 2.14 bits per heavy atom. The van der Waals surface area contributed by atoms with Gasteiger partial charge >= 0.3 is 0 Å². The highest BCUT2D eigenvalue weighted by molar-refractivity contribution is 6.32. The van der Waals surface area contributed by atoms with E-state index in [0.717, 1.165) is 25.6 Å². The van der Waals surface area contributed by atoms with E-state index in [-0.39, 0.29) is 11.9 Å². The molecule has 21 heavy (non-hydrogen) atoms. The third-order valence-electron chi connectivity index (χ3n) is 4.14. The van der Waals surface area contributed by atoms with Crippen molar-refractivity contribution in [1.29, 1.82) is 0 Å². The van der Waals surface area contributed by atoms with Gasteiger partial charge < -0.3 is 10.1 Å². The van der Waals surface area contributed by atoms with Crippen LogP contribution in [0.1, 0.15) is 26.2 Å².